The van der Waals surface area contributed by atoms with Crippen molar-refractivity contribution in [3.05, 3.63) is 0 Å². The van der Waals surface area contributed by atoms with Crippen molar-refractivity contribution in [2.75, 3.05) is 0 Å². The quantitative estimate of drug-likeness (QED) is 0.712. The van der Waals surface area contributed by atoms with E-state index in [0.29, 0.717) is 17.1 Å². The van der Waals surface area contributed by atoms with E-state index in [1.54, 1.807) is 0 Å². The van der Waals surface area contributed by atoms with Gasteiger partial charge in [-0.05, 0) is 48.7 Å². The largest absolute Gasteiger partial charge is 0.414 e. The third-order valence-corrected chi connectivity index (χ3v) is 9.71. The van der Waals surface area contributed by atoms with Crippen LogP contribution in [0.2, 0.25) is 18.1 Å². The van der Waals surface area contributed by atoms with Gasteiger partial charge in [0.05, 0.1) is 6.07 Å². The average Bonchev–Trinajstić information content (AvgIpc) is 2.65. The molecule has 2 saturated carbocycles. The lowest BCUT2D eigenvalue weighted by atomic mass is 10.1. The zero-order valence-corrected chi connectivity index (χ0v) is 12.8. The highest BCUT2D eigenvalue weighted by molar-refractivity contribution is 6.74. The highest BCUT2D eigenvalue weighted by atomic mass is 28.4. The van der Waals surface area contributed by atoms with Gasteiger partial charge in [0.25, 0.3) is 0 Å². The predicted molar refractivity (Wildman–Crippen MR) is 72.0 cm³/mol. The SMILES string of the molecule is CC(C)(C)[Si](C)(C)OC1CC2C(CC#N)C2C1. The summed E-state index contributed by atoms with van der Waals surface area (Å²) in [5.41, 5.74) is 0. The fourth-order valence-corrected chi connectivity index (χ4v) is 4.40. The van der Waals surface area contributed by atoms with Crippen molar-refractivity contribution in [1.82, 2.24) is 0 Å². The Kier molecular flexibility index (Phi) is 3.16. The van der Waals surface area contributed by atoms with Crippen LogP contribution in [0.15, 0.2) is 0 Å². The Labute approximate surface area is 106 Å². The van der Waals surface area contributed by atoms with Crippen LogP contribution < -0.4 is 0 Å². The van der Waals surface area contributed by atoms with Crippen molar-refractivity contribution in [1.29, 1.82) is 5.26 Å². The third-order valence-electron chi connectivity index (χ3n) is 5.17. The van der Waals surface area contributed by atoms with E-state index in [-0.39, 0.29) is 0 Å². The zero-order valence-electron chi connectivity index (χ0n) is 11.8. The average molecular weight is 251 g/mol. The summed E-state index contributed by atoms with van der Waals surface area (Å²) in [6, 6.07) is 2.31. The number of rotatable bonds is 3. The van der Waals surface area contributed by atoms with Crippen LogP contribution >= 0.6 is 0 Å². The smallest absolute Gasteiger partial charge is 0.192 e. The second kappa shape index (κ2) is 4.10. The summed E-state index contributed by atoms with van der Waals surface area (Å²) < 4.78 is 6.45. The number of fused-ring (bicyclic) bond motifs is 1. The summed E-state index contributed by atoms with van der Waals surface area (Å²) in [6.45, 7) is 11.6. The molecule has 0 aromatic rings. The zero-order chi connectivity index (χ0) is 12.8. The monoisotopic (exact) mass is 251 g/mol. The van der Waals surface area contributed by atoms with Crippen molar-refractivity contribution in [2.45, 2.75) is 64.3 Å². The van der Waals surface area contributed by atoms with E-state index in [4.69, 9.17) is 9.69 Å². The van der Waals surface area contributed by atoms with E-state index in [0.717, 1.165) is 18.3 Å². The standard InChI is InChI=1S/C14H25NOSi/c1-14(2,3)17(4,5)16-10-8-12-11(6-7-15)13(12)9-10/h10-13H,6,8-9H2,1-5H3. The minimum Gasteiger partial charge on any atom is -0.414 e. The van der Waals surface area contributed by atoms with Crippen LogP contribution in [0.4, 0.5) is 0 Å². The molecule has 3 heteroatoms. The normalized spacial score (nSPS) is 36.5. The van der Waals surface area contributed by atoms with E-state index in [1.165, 1.54) is 12.8 Å². The van der Waals surface area contributed by atoms with Gasteiger partial charge in [0.1, 0.15) is 0 Å². The van der Waals surface area contributed by atoms with Gasteiger partial charge in [-0.2, -0.15) is 5.26 Å². The second-order valence-electron chi connectivity index (χ2n) is 7.33. The summed E-state index contributed by atoms with van der Waals surface area (Å²) in [5.74, 6) is 2.33. The molecular weight excluding hydrogens is 226 g/mol. The van der Waals surface area contributed by atoms with Crippen LogP contribution in [-0.2, 0) is 4.43 Å². The highest BCUT2D eigenvalue weighted by Crippen LogP contribution is 2.60. The van der Waals surface area contributed by atoms with Gasteiger partial charge in [-0.25, -0.2) is 0 Å². The molecule has 0 aromatic heterocycles. The highest BCUT2D eigenvalue weighted by Gasteiger charge is 2.56. The first-order chi connectivity index (χ1) is 7.76. The molecular formula is C14H25NOSi. The minimum atomic E-state index is -1.58. The summed E-state index contributed by atoms with van der Waals surface area (Å²) in [4.78, 5) is 0. The number of hydrogen-bond donors (Lipinski definition) is 0. The van der Waals surface area contributed by atoms with Crippen LogP contribution in [0.1, 0.15) is 40.0 Å². The van der Waals surface area contributed by atoms with Crippen molar-refractivity contribution in [3.63, 3.8) is 0 Å². The maximum Gasteiger partial charge on any atom is 0.192 e. The van der Waals surface area contributed by atoms with Gasteiger partial charge in [0.15, 0.2) is 8.32 Å². The van der Waals surface area contributed by atoms with Gasteiger partial charge in [-0.15, -0.1) is 0 Å². The maximum absolute atomic E-state index is 8.72. The molecule has 2 nitrogen and oxygen atoms in total. The van der Waals surface area contributed by atoms with E-state index in [2.05, 4.69) is 39.9 Å². The molecule has 17 heavy (non-hydrogen) atoms. The molecule has 0 spiro atoms. The topological polar surface area (TPSA) is 33.0 Å². The Balaban J connectivity index is 1.84. The summed E-state index contributed by atoms with van der Waals surface area (Å²) in [7, 11) is -1.58. The Morgan fingerprint density at radius 1 is 1.24 bits per heavy atom. The molecule has 2 aliphatic carbocycles. The Morgan fingerprint density at radius 2 is 1.76 bits per heavy atom. The van der Waals surface area contributed by atoms with Gasteiger partial charge < -0.3 is 4.43 Å². The molecule has 2 atom stereocenters. The lowest BCUT2D eigenvalue weighted by Gasteiger charge is -2.39. The second-order valence-corrected chi connectivity index (χ2v) is 12.1. The summed E-state index contributed by atoms with van der Waals surface area (Å²) >= 11 is 0. The van der Waals surface area contributed by atoms with E-state index in [9.17, 15) is 0 Å². The van der Waals surface area contributed by atoms with Gasteiger partial charge in [0.2, 0.25) is 0 Å². The first kappa shape index (κ1) is 13.1. The molecule has 0 N–H and O–H groups in total. The summed E-state index contributed by atoms with van der Waals surface area (Å²) in [6.07, 6.45) is 3.68. The van der Waals surface area contributed by atoms with Crippen LogP contribution in [0.25, 0.3) is 0 Å². The van der Waals surface area contributed by atoms with Crippen molar-refractivity contribution in [3.8, 4) is 6.07 Å². The minimum absolute atomic E-state index is 0.311. The molecule has 0 radical (unpaired) electrons. The van der Waals surface area contributed by atoms with Crippen molar-refractivity contribution in [2.24, 2.45) is 17.8 Å². The van der Waals surface area contributed by atoms with Gasteiger partial charge >= 0.3 is 0 Å². The van der Waals surface area contributed by atoms with Crippen LogP contribution in [0.5, 0.6) is 0 Å². The van der Waals surface area contributed by atoms with Gasteiger partial charge in [-0.1, -0.05) is 20.8 Å². The van der Waals surface area contributed by atoms with E-state index < -0.39 is 8.32 Å². The molecule has 0 aliphatic heterocycles. The van der Waals surface area contributed by atoms with Crippen LogP contribution in [0.3, 0.4) is 0 Å². The fourth-order valence-electron chi connectivity index (χ4n) is 3.02. The van der Waals surface area contributed by atoms with Crippen molar-refractivity contribution >= 4 is 8.32 Å². The first-order valence-electron chi connectivity index (χ1n) is 6.81. The molecule has 2 fully saturated rings. The molecule has 2 rings (SSSR count). The third kappa shape index (κ3) is 2.43. The number of nitriles is 1. The van der Waals surface area contributed by atoms with Gasteiger partial charge in [0, 0.05) is 12.5 Å². The molecule has 96 valence electrons. The lowest BCUT2D eigenvalue weighted by Crippen LogP contribution is -2.43. The fraction of sp³-hybridized carbons (Fsp3) is 0.929. The Bertz CT molecular complexity index is 327. The van der Waals surface area contributed by atoms with Crippen molar-refractivity contribution < 1.29 is 4.43 Å². The summed E-state index contributed by atoms with van der Waals surface area (Å²) in [5, 5.41) is 9.03. The molecule has 0 saturated heterocycles. The molecule has 0 heterocycles. The molecule has 2 aliphatic rings. The van der Waals surface area contributed by atoms with E-state index >= 15 is 0 Å². The Hall–Kier alpha value is -0.333. The molecule has 0 amide bonds. The number of hydrogen-bond acceptors (Lipinski definition) is 2. The predicted octanol–water partition coefficient (Wildman–Crippen LogP) is 3.95. The maximum atomic E-state index is 8.72. The Morgan fingerprint density at radius 3 is 2.18 bits per heavy atom. The van der Waals surface area contributed by atoms with Crippen LogP contribution in [-0.4, -0.2) is 14.4 Å². The molecule has 0 aromatic carbocycles. The molecule has 0 bridgehead atoms. The van der Waals surface area contributed by atoms with Gasteiger partial charge in [-0.3, -0.25) is 0 Å². The lowest BCUT2D eigenvalue weighted by molar-refractivity contribution is 0.167. The number of nitrogens with zero attached hydrogens (tertiary/aromatic N) is 1. The molecule has 2 unspecified atom stereocenters. The first-order valence-corrected chi connectivity index (χ1v) is 9.72. The van der Waals surface area contributed by atoms with Crippen LogP contribution in [0, 0.1) is 29.1 Å². The van der Waals surface area contributed by atoms with E-state index in [1.807, 2.05) is 0 Å².